The predicted molar refractivity (Wildman–Crippen MR) is 58.0 cm³/mol. The number of aldehydes is 1. The number of benzene rings is 1. The lowest BCUT2D eigenvalue weighted by Crippen LogP contribution is -1.90. The predicted octanol–water partition coefficient (Wildman–Crippen LogP) is 2.89. The summed E-state index contributed by atoms with van der Waals surface area (Å²) in [6, 6.07) is 3.08. The van der Waals surface area contributed by atoms with E-state index in [1.54, 1.807) is 29.1 Å². The maximum absolute atomic E-state index is 10.5. The van der Waals surface area contributed by atoms with Crippen molar-refractivity contribution < 1.29 is 12.6 Å². The van der Waals surface area contributed by atoms with Gasteiger partial charge in [-0.05, 0) is 12.1 Å². The lowest BCUT2D eigenvalue weighted by Gasteiger charge is -2.07. The van der Waals surface area contributed by atoms with Crippen LogP contribution in [0.2, 0.25) is 5.02 Å². The Kier molecular flexibility index (Phi) is 3.80. The van der Waals surface area contributed by atoms with Crippen molar-refractivity contribution >= 4 is 40.9 Å². The summed E-state index contributed by atoms with van der Waals surface area (Å²) in [5.41, 5.74) is 0.457. The SMILES string of the molecule is COc1cc(C=O)cc(Cl)c1OI. The Bertz CT molecular complexity index is 327. The van der Waals surface area contributed by atoms with Gasteiger partial charge in [0.25, 0.3) is 0 Å². The molecule has 0 atom stereocenters. The summed E-state index contributed by atoms with van der Waals surface area (Å²) in [5.74, 6) is 0.874. The number of carbonyl (C=O) groups is 1. The zero-order valence-corrected chi connectivity index (χ0v) is 9.63. The Morgan fingerprint density at radius 2 is 2.23 bits per heavy atom. The van der Waals surface area contributed by atoms with Crippen LogP contribution in [0.5, 0.6) is 11.5 Å². The van der Waals surface area contributed by atoms with Gasteiger partial charge >= 0.3 is 0 Å². The fourth-order valence-electron chi connectivity index (χ4n) is 0.883. The summed E-state index contributed by atoms with van der Waals surface area (Å²) in [6.07, 6.45) is 0.700. The van der Waals surface area contributed by atoms with Crippen LogP contribution in [-0.2, 0) is 0 Å². The van der Waals surface area contributed by atoms with Crippen LogP contribution >= 0.6 is 34.6 Å². The van der Waals surface area contributed by atoms with Crippen LogP contribution in [0.3, 0.4) is 0 Å². The molecule has 0 bridgehead atoms. The Labute approximate surface area is 94.7 Å². The lowest BCUT2D eigenvalue weighted by atomic mass is 10.2. The molecule has 0 aliphatic rings. The van der Waals surface area contributed by atoms with Gasteiger partial charge in [-0.2, -0.15) is 0 Å². The Hall–Kier alpha value is -0.490. The van der Waals surface area contributed by atoms with Crippen molar-refractivity contribution in [1.29, 1.82) is 0 Å². The van der Waals surface area contributed by atoms with Gasteiger partial charge in [0.2, 0.25) is 0 Å². The van der Waals surface area contributed by atoms with Crippen LogP contribution in [0.15, 0.2) is 12.1 Å². The van der Waals surface area contributed by atoms with Crippen LogP contribution in [0.4, 0.5) is 0 Å². The Balaban J connectivity index is 3.28. The zero-order valence-electron chi connectivity index (χ0n) is 6.71. The van der Waals surface area contributed by atoms with E-state index >= 15 is 0 Å². The van der Waals surface area contributed by atoms with Crippen molar-refractivity contribution in [1.82, 2.24) is 0 Å². The molecule has 0 saturated carbocycles. The summed E-state index contributed by atoms with van der Waals surface area (Å²) in [5, 5.41) is 0.357. The highest BCUT2D eigenvalue weighted by Gasteiger charge is 2.10. The highest BCUT2D eigenvalue weighted by molar-refractivity contribution is 14.1. The quantitative estimate of drug-likeness (QED) is 0.636. The minimum absolute atomic E-state index is 0.357. The van der Waals surface area contributed by atoms with E-state index in [9.17, 15) is 4.79 Å². The summed E-state index contributed by atoms with van der Waals surface area (Å²) in [4.78, 5) is 10.5. The van der Waals surface area contributed by atoms with Crippen LogP contribution < -0.4 is 7.80 Å². The molecule has 0 N–H and O–H groups in total. The van der Waals surface area contributed by atoms with E-state index in [-0.39, 0.29) is 0 Å². The van der Waals surface area contributed by atoms with Gasteiger partial charge in [0.05, 0.1) is 12.1 Å². The highest BCUT2D eigenvalue weighted by Crippen LogP contribution is 2.36. The van der Waals surface area contributed by atoms with E-state index in [2.05, 4.69) is 0 Å². The third-order valence-corrected chi connectivity index (χ3v) is 2.19. The summed E-state index contributed by atoms with van der Waals surface area (Å²) < 4.78 is 9.95. The molecule has 0 radical (unpaired) electrons. The smallest absolute Gasteiger partial charge is 0.193 e. The van der Waals surface area contributed by atoms with Gasteiger partial charge in [-0.15, -0.1) is 0 Å². The second-order valence-corrected chi connectivity index (χ2v) is 3.08. The molecule has 0 spiro atoms. The molecule has 0 fully saturated rings. The van der Waals surface area contributed by atoms with Crippen molar-refractivity contribution in [2.24, 2.45) is 0 Å². The number of methoxy groups -OCH3 is 1. The molecule has 0 saturated heterocycles. The number of rotatable bonds is 3. The van der Waals surface area contributed by atoms with Gasteiger partial charge in [-0.25, -0.2) is 0 Å². The van der Waals surface area contributed by atoms with Crippen molar-refractivity contribution in [3.63, 3.8) is 0 Å². The topological polar surface area (TPSA) is 35.5 Å². The molecular formula is C8H6ClIO3. The van der Waals surface area contributed by atoms with E-state index in [4.69, 9.17) is 19.4 Å². The molecule has 3 nitrogen and oxygen atoms in total. The first-order valence-electron chi connectivity index (χ1n) is 3.34. The van der Waals surface area contributed by atoms with Gasteiger partial charge in [0.1, 0.15) is 6.29 Å². The van der Waals surface area contributed by atoms with Crippen LogP contribution in [-0.4, -0.2) is 13.4 Å². The van der Waals surface area contributed by atoms with Crippen LogP contribution in [0, 0.1) is 0 Å². The third kappa shape index (κ3) is 2.25. The largest absolute Gasteiger partial charge is 0.493 e. The monoisotopic (exact) mass is 312 g/mol. The van der Waals surface area contributed by atoms with Crippen molar-refractivity contribution in [2.75, 3.05) is 7.11 Å². The molecule has 1 rings (SSSR count). The highest BCUT2D eigenvalue weighted by atomic mass is 127. The third-order valence-electron chi connectivity index (χ3n) is 1.47. The summed E-state index contributed by atoms with van der Waals surface area (Å²) in [6.45, 7) is 0. The molecule has 70 valence electrons. The fourth-order valence-corrected chi connectivity index (χ4v) is 1.72. The molecule has 0 heterocycles. The molecule has 13 heavy (non-hydrogen) atoms. The number of hydrogen-bond acceptors (Lipinski definition) is 3. The fraction of sp³-hybridized carbons (Fsp3) is 0.125. The number of carbonyl (C=O) groups excluding carboxylic acids is 1. The van der Waals surface area contributed by atoms with Gasteiger partial charge < -0.3 is 7.80 Å². The van der Waals surface area contributed by atoms with Gasteiger partial charge in [0, 0.05) is 5.56 Å². The van der Waals surface area contributed by atoms with Crippen molar-refractivity contribution in [2.45, 2.75) is 0 Å². The van der Waals surface area contributed by atoms with E-state index in [0.717, 1.165) is 0 Å². The van der Waals surface area contributed by atoms with Crippen LogP contribution in [0.25, 0.3) is 0 Å². The summed E-state index contributed by atoms with van der Waals surface area (Å²) >= 11 is 7.52. The van der Waals surface area contributed by atoms with E-state index in [1.807, 2.05) is 0 Å². The first-order chi connectivity index (χ1) is 6.22. The zero-order chi connectivity index (χ0) is 9.84. The van der Waals surface area contributed by atoms with Crippen molar-refractivity contribution in [3.8, 4) is 11.5 Å². The molecule has 1 aromatic carbocycles. The van der Waals surface area contributed by atoms with E-state index in [0.29, 0.717) is 28.4 Å². The molecule has 0 amide bonds. The van der Waals surface area contributed by atoms with Crippen molar-refractivity contribution in [3.05, 3.63) is 22.7 Å². The molecule has 0 unspecified atom stereocenters. The standard InChI is InChI=1S/C8H6ClIO3/c1-12-7-3-5(4-11)2-6(9)8(7)13-10/h2-4H,1H3. The number of hydrogen-bond donors (Lipinski definition) is 0. The van der Waals surface area contributed by atoms with E-state index in [1.165, 1.54) is 13.2 Å². The number of halogens is 2. The molecular weight excluding hydrogens is 306 g/mol. The second-order valence-electron chi connectivity index (χ2n) is 2.23. The van der Waals surface area contributed by atoms with Gasteiger partial charge in [-0.1, -0.05) is 11.6 Å². The first-order valence-corrected chi connectivity index (χ1v) is 4.60. The number of ether oxygens (including phenoxy) is 1. The Morgan fingerprint density at radius 1 is 1.54 bits per heavy atom. The van der Waals surface area contributed by atoms with Gasteiger partial charge in [-0.3, -0.25) is 4.79 Å². The normalized spacial score (nSPS) is 9.46. The molecule has 0 aliphatic heterocycles. The second kappa shape index (κ2) is 4.66. The van der Waals surface area contributed by atoms with Crippen LogP contribution in [0.1, 0.15) is 10.4 Å². The summed E-state index contributed by atoms with van der Waals surface area (Å²) in [7, 11) is 1.49. The minimum atomic E-state index is 0.357. The molecule has 0 aromatic heterocycles. The van der Waals surface area contributed by atoms with E-state index < -0.39 is 0 Å². The molecule has 5 heteroatoms. The molecule has 1 aromatic rings. The maximum atomic E-state index is 10.5. The molecule has 0 aliphatic carbocycles. The average molecular weight is 312 g/mol. The van der Waals surface area contributed by atoms with Gasteiger partial charge in [0.15, 0.2) is 34.5 Å². The average Bonchev–Trinajstić information content (AvgIpc) is 2.16. The Morgan fingerprint density at radius 3 is 2.69 bits per heavy atom. The maximum Gasteiger partial charge on any atom is 0.193 e. The lowest BCUT2D eigenvalue weighted by molar-refractivity contribution is 0.112. The minimum Gasteiger partial charge on any atom is -0.493 e. The first kappa shape index (κ1) is 10.6.